The first-order chi connectivity index (χ1) is 8.17. The zero-order valence-corrected chi connectivity index (χ0v) is 10.7. The molecule has 0 amide bonds. The maximum absolute atomic E-state index is 6.21. The van der Waals surface area contributed by atoms with Crippen LogP contribution < -0.4 is 5.73 Å². The predicted octanol–water partition coefficient (Wildman–Crippen LogP) is 2.44. The number of benzene rings is 1. The van der Waals surface area contributed by atoms with E-state index in [0.717, 1.165) is 18.8 Å². The Kier molecular flexibility index (Phi) is 2.72. The highest BCUT2D eigenvalue weighted by molar-refractivity contribution is 5.33. The molecule has 0 aromatic heterocycles. The molecule has 92 valence electrons. The van der Waals surface area contributed by atoms with Crippen molar-refractivity contribution in [3.63, 3.8) is 0 Å². The Morgan fingerprint density at radius 3 is 2.24 bits per heavy atom. The van der Waals surface area contributed by atoms with Crippen LogP contribution in [-0.4, -0.2) is 25.0 Å². The SMILES string of the molecule is CN1CCC(c2ccc(C3(N)CC3)cc2)CC1. The lowest BCUT2D eigenvalue weighted by Gasteiger charge is -2.29. The summed E-state index contributed by atoms with van der Waals surface area (Å²) in [5, 5.41) is 0. The lowest BCUT2D eigenvalue weighted by molar-refractivity contribution is 0.255. The highest BCUT2D eigenvalue weighted by Crippen LogP contribution is 2.43. The third kappa shape index (κ3) is 2.24. The Hall–Kier alpha value is -0.860. The van der Waals surface area contributed by atoms with E-state index in [-0.39, 0.29) is 5.54 Å². The minimum Gasteiger partial charge on any atom is -0.321 e. The van der Waals surface area contributed by atoms with Gasteiger partial charge in [-0.15, -0.1) is 0 Å². The Labute approximate surface area is 104 Å². The Bertz CT molecular complexity index is 384. The number of likely N-dealkylation sites (tertiary alicyclic amines) is 1. The van der Waals surface area contributed by atoms with Gasteiger partial charge in [0.25, 0.3) is 0 Å². The molecule has 1 aliphatic carbocycles. The van der Waals surface area contributed by atoms with Crippen LogP contribution in [0.25, 0.3) is 0 Å². The maximum atomic E-state index is 6.21. The lowest BCUT2D eigenvalue weighted by atomic mass is 9.88. The first kappa shape index (κ1) is 11.2. The molecular weight excluding hydrogens is 208 g/mol. The van der Waals surface area contributed by atoms with Gasteiger partial charge >= 0.3 is 0 Å². The van der Waals surface area contributed by atoms with E-state index in [1.165, 1.54) is 37.1 Å². The molecule has 1 heterocycles. The van der Waals surface area contributed by atoms with Crippen molar-refractivity contribution < 1.29 is 0 Å². The molecule has 2 heteroatoms. The van der Waals surface area contributed by atoms with Crippen molar-refractivity contribution in [1.82, 2.24) is 4.90 Å². The molecule has 17 heavy (non-hydrogen) atoms. The molecule has 2 aliphatic rings. The van der Waals surface area contributed by atoms with Gasteiger partial charge in [-0.05, 0) is 62.9 Å². The van der Waals surface area contributed by atoms with Crippen LogP contribution in [0.15, 0.2) is 24.3 Å². The van der Waals surface area contributed by atoms with E-state index in [1.54, 1.807) is 0 Å². The first-order valence-corrected chi connectivity index (χ1v) is 6.75. The molecule has 0 spiro atoms. The molecule has 1 saturated heterocycles. The van der Waals surface area contributed by atoms with Crippen LogP contribution in [-0.2, 0) is 5.54 Å². The van der Waals surface area contributed by atoms with Crippen molar-refractivity contribution >= 4 is 0 Å². The van der Waals surface area contributed by atoms with Gasteiger partial charge in [0.2, 0.25) is 0 Å². The molecule has 3 rings (SSSR count). The Morgan fingerprint density at radius 1 is 1.12 bits per heavy atom. The quantitative estimate of drug-likeness (QED) is 0.845. The average Bonchev–Trinajstić information content (AvgIpc) is 3.10. The Balaban J connectivity index is 1.71. The van der Waals surface area contributed by atoms with Crippen LogP contribution in [0.1, 0.15) is 42.7 Å². The van der Waals surface area contributed by atoms with E-state index >= 15 is 0 Å². The molecular formula is C15H22N2. The van der Waals surface area contributed by atoms with Crippen molar-refractivity contribution in [2.24, 2.45) is 5.73 Å². The van der Waals surface area contributed by atoms with Gasteiger partial charge in [0.1, 0.15) is 0 Å². The number of nitrogens with zero attached hydrogens (tertiary/aromatic N) is 1. The van der Waals surface area contributed by atoms with Crippen LogP contribution in [0.5, 0.6) is 0 Å². The molecule has 1 aliphatic heterocycles. The highest BCUT2D eigenvalue weighted by Gasteiger charge is 2.39. The van der Waals surface area contributed by atoms with Crippen molar-refractivity contribution in [1.29, 1.82) is 0 Å². The summed E-state index contributed by atoms with van der Waals surface area (Å²) >= 11 is 0. The molecule has 1 saturated carbocycles. The fourth-order valence-corrected chi connectivity index (χ4v) is 2.85. The summed E-state index contributed by atoms with van der Waals surface area (Å²) in [5.74, 6) is 0.758. The third-order valence-electron chi connectivity index (χ3n) is 4.46. The standard InChI is InChI=1S/C15H22N2/c1-17-10-6-13(7-11-17)12-2-4-14(5-3-12)15(16)8-9-15/h2-5,13H,6-11,16H2,1H3. The van der Waals surface area contributed by atoms with Gasteiger partial charge in [-0.3, -0.25) is 0 Å². The molecule has 2 N–H and O–H groups in total. The van der Waals surface area contributed by atoms with E-state index in [2.05, 4.69) is 36.2 Å². The van der Waals surface area contributed by atoms with Crippen molar-refractivity contribution in [3.8, 4) is 0 Å². The fourth-order valence-electron chi connectivity index (χ4n) is 2.85. The zero-order valence-electron chi connectivity index (χ0n) is 10.7. The van der Waals surface area contributed by atoms with E-state index in [1.807, 2.05) is 0 Å². The Morgan fingerprint density at radius 2 is 1.71 bits per heavy atom. The summed E-state index contributed by atoms with van der Waals surface area (Å²) < 4.78 is 0. The monoisotopic (exact) mass is 230 g/mol. The van der Waals surface area contributed by atoms with Crippen LogP contribution in [0.4, 0.5) is 0 Å². The summed E-state index contributed by atoms with van der Waals surface area (Å²) in [4.78, 5) is 2.42. The molecule has 0 unspecified atom stereocenters. The van der Waals surface area contributed by atoms with Gasteiger partial charge in [0, 0.05) is 5.54 Å². The van der Waals surface area contributed by atoms with Crippen LogP contribution in [0.2, 0.25) is 0 Å². The van der Waals surface area contributed by atoms with Gasteiger partial charge in [-0.1, -0.05) is 24.3 Å². The summed E-state index contributed by atoms with van der Waals surface area (Å²) in [5.41, 5.74) is 9.06. The van der Waals surface area contributed by atoms with Crippen LogP contribution >= 0.6 is 0 Å². The molecule has 0 radical (unpaired) electrons. The van der Waals surface area contributed by atoms with Gasteiger partial charge in [-0.25, -0.2) is 0 Å². The second-order valence-electron chi connectivity index (χ2n) is 5.86. The summed E-state index contributed by atoms with van der Waals surface area (Å²) in [6.45, 7) is 2.46. The fraction of sp³-hybridized carbons (Fsp3) is 0.600. The van der Waals surface area contributed by atoms with Crippen molar-refractivity contribution in [2.75, 3.05) is 20.1 Å². The van der Waals surface area contributed by atoms with Gasteiger partial charge in [0.05, 0.1) is 0 Å². The van der Waals surface area contributed by atoms with Crippen molar-refractivity contribution in [2.45, 2.75) is 37.1 Å². The van der Waals surface area contributed by atoms with Gasteiger partial charge in [0.15, 0.2) is 0 Å². The second kappa shape index (κ2) is 4.11. The second-order valence-corrected chi connectivity index (χ2v) is 5.86. The van der Waals surface area contributed by atoms with E-state index < -0.39 is 0 Å². The van der Waals surface area contributed by atoms with Crippen LogP contribution in [0.3, 0.4) is 0 Å². The third-order valence-corrected chi connectivity index (χ3v) is 4.46. The minimum atomic E-state index is 0.0192. The molecule has 2 nitrogen and oxygen atoms in total. The molecule has 0 atom stereocenters. The zero-order chi connectivity index (χ0) is 11.9. The number of nitrogens with two attached hydrogens (primary N) is 1. The number of hydrogen-bond donors (Lipinski definition) is 1. The number of hydrogen-bond acceptors (Lipinski definition) is 2. The normalized spacial score (nSPS) is 24.8. The molecule has 2 fully saturated rings. The van der Waals surface area contributed by atoms with E-state index in [9.17, 15) is 0 Å². The topological polar surface area (TPSA) is 29.3 Å². The van der Waals surface area contributed by atoms with Crippen LogP contribution in [0, 0.1) is 0 Å². The van der Waals surface area contributed by atoms with Crippen molar-refractivity contribution in [3.05, 3.63) is 35.4 Å². The van der Waals surface area contributed by atoms with Gasteiger partial charge < -0.3 is 10.6 Å². The minimum absolute atomic E-state index is 0.0192. The number of piperidine rings is 1. The van der Waals surface area contributed by atoms with E-state index in [4.69, 9.17) is 5.73 Å². The largest absolute Gasteiger partial charge is 0.321 e. The maximum Gasteiger partial charge on any atom is 0.0411 e. The lowest BCUT2D eigenvalue weighted by Crippen LogP contribution is -2.29. The van der Waals surface area contributed by atoms with E-state index in [0.29, 0.717) is 0 Å². The van der Waals surface area contributed by atoms with Gasteiger partial charge in [-0.2, -0.15) is 0 Å². The molecule has 0 bridgehead atoms. The number of rotatable bonds is 2. The summed E-state index contributed by atoms with van der Waals surface area (Å²) in [7, 11) is 2.21. The smallest absolute Gasteiger partial charge is 0.0411 e. The summed E-state index contributed by atoms with van der Waals surface area (Å²) in [6, 6.07) is 9.11. The first-order valence-electron chi connectivity index (χ1n) is 6.75. The molecule has 1 aromatic carbocycles. The summed E-state index contributed by atoms with van der Waals surface area (Å²) in [6.07, 6.45) is 4.90. The highest BCUT2D eigenvalue weighted by atomic mass is 15.1. The predicted molar refractivity (Wildman–Crippen MR) is 71.0 cm³/mol. The molecule has 1 aromatic rings. The average molecular weight is 230 g/mol.